The topological polar surface area (TPSA) is 12.0 Å². The van der Waals surface area contributed by atoms with Crippen LogP contribution in [0.15, 0.2) is 20.7 Å². The van der Waals surface area contributed by atoms with E-state index in [-0.39, 0.29) is 0 Å². The summed E-state index contributed by atoms with van der Waals surface area (Å²) in [5.41, 5.74) is 1.28. The molecular formula is C6H7Br2N. The predicted octanol–water partition coefficient (Wildman–Crippen LogP) is 2.49. The second-order valence-corrected chi connectivity index (χ2v) is 3.75. The predicted molar refractivity (Wildman–Crippen MR) is 46.6 cm³/mol. The molecule has 1 N–H and O–H groups in total. The molecule has 0 atom stereocenters. The number of halogens is 2. The lowest BCUT2D eigenvalue weighted by Crippen LogP contribution is -2.15. The maximum atomic E-state index is 3.43. The number of hydrogen-bond donors (Lipinski definition) is 1. The van der Waals surface area contributed by atoms with Gasteiger partial charge in [0.15, 0.2) is 0 Å². The van der Waals surface area contributed by atoms with Crippen molar-refractivity contribution in [1.29, 1.82) is 0 Å². The van der Waals surface area contributed by atoms with E-state index >= 15 is 0 Å². The fourth-order valence-electron chi connectivity index (χ4n) is 0.621. The molecule has 1 nitrogen and oxygen atoms in total. The van der Waals surface area contributed by atoms with Gasteiger partial charge >= 0.3 is 0 Å². The zero-order valence-corrected chi connectivity index (χ0v) is 8.21. The average molecular weight is 253 g/mol. The Hall–Kier alpha value is 0.240. The van der Waals surface area contributed by atoms with Gasteiger partial charge in [-0.05, 0) is 34.5 Å². The van der Waals surface area contributed by atoms with Crippen LogP contribution in [-0.2, 0) is 0 Å². The molecule has 0 amide bonds. The monoisotopic (exact) mass is 251 g/mol. The highest BCUT2D eigenvalue weighted by atomic mass is 79.9. The summed E-state index contributed by atoms with van der Waals surface area (Å²) in [5.74, 6) is 0. The van der Waals surface area contributed by atoms with Gasteiger partial charge in [-0.25, -0.2) is 0 Å². The van der Waals surface area contributed by atoms with E-state index in [0.29, 0.717) is 0 Å². The lowest BCUT2D eigenvalue weighted by molar-refractivity contribution is 0.937. The summed E-state index contributed by atoms with van der Waals surface area (Å²) in [4.78, 5) is 0. The van der Waals surface area contributed by atoms with E-state index < -0.39 is 0 Å². The van der Waals surface area contributed by atoms with E-state index in [2.05, 4.69) is 44.1 Å². The molecule has 50 valence electrons. The van der Waals surface area contributed by atoms with Crippen LogP contribution >= 0.6 is 31.9 Å². The SMILES string of the molecule is CC1=C(Br)CNC(Br)=C1. The Balaban J connectivity index is 2.83. The second-order valence-electron chi connectivity index (χ2n) is 1.93. The Morgan fingerprint density at radius 2 is 2.22 bits per heavy atom. The molecular weight excluding hydrogens is 246 g/mol. The van der Waals surface area contributed by atoms with E-state index in [0.717, 1.165) is 11.2 Å². The van der Waals surface area contributed by atoms with Crippen LogP contribution in [0, 0.1) is 0 Å². The van der Waals surface area contributed by atoms with Gasteiger partial charge in [0.05, 0.1) is 4.61 Å². The second kappa shape index (κ2) is 2.88. The standard InChI is InChI=1S/C6H7Br2N/c1-4-2-6(8)9-3-5(4)7/h2,9H,3H2,1H3. The van der Waals surface area contributed by atoms with Crippen molar-refractivity contribution in [2.24, 2.45) is 0 Å². The number of allylic oxidation sites excluding steroid dienone is 2. The Bertz CT molecular complexity index is 181. The number of hydrogen-bond acceptors (Lipinski definition) is 1. The quantitative estimate of drug-likeness (QED) is 0.654. The smallest absolute Gasteiger partial charge is 0.0785 e. The van der Waals surface area contributed by atoms with Crippen LogP contribution in [0.25, 0.3) is 0 Å². The molecule has 0 aromatic heterocycles. The normalized spacial score (nSPS) is 19.2. The highest BCUT2D eigenvalue weighted by Crippen LogP contribution is 2.19. The molecule has 0 saturated carbocycles. The van der Waals surface area contributed by atoms with Gasteiger partial charge in [0.1, 0.15) is 0 Å². The zero-order chi connectivity index (χ0) is 6.85. The largest absolute Gasteiger partial charge is 0.375 e. The van der Waals surface area contributed by atoms with Crippen molar-refractivity contribution in [1.82, 2.24) is 5.32 Å². The molecule has 0 saturated heterocycles. The first-order valence-corrected chi connectivity index (χ1v) is 4.25. The van der Waals surface area contributed by atoms with Gasteiger partial charge in [-0.3, -0.25) is 0 Å². The van der Waals surface area contributed by atoms with E-state index in [1.807, 2.05) is 6.08 Å². The van der Waals surface area contributed by atoms with Crippen molar-refractivity contribution in [3.63, 3.8) is 0 Å². The van der Waals surface area contributed by atoms with Crippen molar-refractivity contribution < 1.29 is 0 Å². The summed E-state index contributed by atoms with van der Waals surface area (Å²) in [6, 6.07) is 0. The van der Waals surface area contributed by atoms with Gasteiger partial charge in [0.2, 0.25) is 0 Å². The molecule has 0 fully saturated rings. The molecule has 0 aliphatic carbocycles. The van der Waals surface area contributed by atoms with Crippen LogP contribution < -0.4 is 5.32 Å². The maximum Gasteiger partial charge on any atom is 0.0785 e. The summed E-state index contributed by atoms with van der Waals surface area (Å²) in [6.45, 7) is 2.97. The first-order valence-electron chi connectivity index (χ1n) is 2.66. The number of rotatable bonds is 0. The molecule has 0 aromatic rings. The van der Waals surface area contributed by atoms with Crippen molar-refractivity contribution in [3.8, 4) is 0 Å². The van der Waals surface area contributed by atoms with Crippen LogP contribution in [-0.4, -0.2) is 6.54 Å². The van der Waals surface area contributed by atoms with Gasteiger partial charge in [-0.15, -0.1) is 0 Å². The average Bonchev–Trinajstić information content (AvgIpc) is 1.80. The minimum atomic E-state index is 0.892. The lowest BCUT2D eigenvalue weighted by atomic mass is 10.2. The Labute approximate surface area is 71.5 Å². The summed E-state index contributed by atoms with van der Waals surface area (Å²) in [5, 5.41) is 3.14. The molecule has 0 unspecified atom stereocenters. The highest BCUT2D eigenvalue weighted by Gasteiger charge is 2.03. The van der Waals surface area contributed by atoms with Gasteiger partial charge in [0, 0.05) is 11.0 Å². The molecule has 1 rings (SSSR count). The summed E-state index contributed by atoms with van der Waals surface area (Å²) in [7, 11) is 0. The van der Waals surface area contributed by atoms with Crippen molar-refractivity contribution in [3.05, 3.63) is 20.7 Å². The van der Waals surface area contributed by atoms with E-state index in [1.54, 1.807) is 0 Å². The molecule has 1 heterocycles. The molecule has 3 heteroatoms. The van der Waals surface area contributed by atoms with E-state index in [9.17, 15) is 0 Å². The minimum Gasteiger partial charge on any atom is -0.375 e. The van der Waals surface area contributed by atoms with Crippen molar-refractivity contribution in [2.45, 2.75) is 6.92 Å². The fourth-order valence-corrected chi connectivity index (χ4v) is 1.36. The van der Waals surface area contributed by atoms with Crippen LogP contribution in [0.4, 0.5) is 0 Å². The van der Waals surface area contributed by atoms with Gasteiger partial charge in [0.25, 0.3) is 0 Å². The fraction of sp³-hybridized carbons (Fsp3) is 0.333. The van der Waals surface area contributed by atoms with Crippen molar-refractivity contribution >= 4 is 31.9 Å². The summed E-state index contributed by atoms with van der Waals surface area (Å²) >= 11 is 6.78. The van der Waals surface area contributed by atoms with Crippen LogP contribution in [0.1, 0.15) is 6.92 Å². The molecule has 1 aliphatic rings. The maximum absolute atomic E-state index is 3.43. The third kappa shape index (κ3) is 1.83. The molecule has 0 spiro atoms. The van der Waals surface area contributed by atoms with Crippen LogP contribution in [0.5, 0.6) is 0 Å². The third-order valence-corrected chi connectivity index (χ3v) is 2.60. The number of nitrogens with one attached hydrogen (secondary N) is 1. The van der Waals surface area contributed by atoms with Gasteiger partial charge < -0.3 is 5.32 Å². The summed E-state index contributed by atoms with van der Waals surface area (Å²) < 4.78 is 2.29. The Morgan fingerprint density at radius 3 is 2.67 bits per heavy atom. The zero-order valence-electron chi connectivity index (χ0n) is 5.04. The van der Waals surface area contributed by atoms with Crippen molar-refractivity contribution in [2.75, 3.05) is 6.54 Å². The third-order valence-electron chi connectivity index (χ3n) is 1.18. The first-order chi connectivity index (χ1) is 4.20. The van der Waals surface area contributed by atoms with Crippen LogP contribution in [0.2, 0.25) is 0 Å². The molecule has 0 bridgehead atoms. The first kappa shape index (κ1) is 7.35. The number of dihydropyridines is 1. The highest BCUT2D eigenvalue weighted by molar-refractivity contribution is 9.12. The molecule has 1 aliphatic heterocycles. The Morgan fingerprint density at radius 1 is 1.56 bits per heavy atom. The molecule has 0 radical (unpaired) electrons. The Kier molecular flexibility index (Phi) is 2.35. The van der Waals surface area contributed by atoms with Crippen LogP contribution in [0.3, 0.4) is 0 Å². The van der Waals surface area contributed by atoms with E-state index in [1.165, 1.54) is 10.1 Å². The molecule has 9 heavy (non-hydrogen) atoms. The van der Waals surface area contributed by atoms with Gasteiger partial charge in [-0.2, -0.15) is 0 Å². The summed E-state index contributed by atoms with van der Waals surface area (Å²) in [6.07, 6.45) is 2.05. The van der Waals surface area contributed by atoms with Gasteiger partial charge in [-0.1, -0.05) is 15.9 Å². The molecule has 0 aromatic carbocycles. The van der Waals surface area contributed by atoms with E-state index in [4.69, 9.17) is 0 Å². The minimum absolute atomic E-state index is 0.892. The lowest BCUT2D eigenvalue weighted by Gasteiger charge is -2.11.